The van der Waals surface area contributed by atoms with Gasteiger partial charge in [-0.25, -0.2) is 9.97 Å². The molecule has 25 heavy (non-hydrogen) atoms. The molecule has 2 heterocycles. The monoisotopic (exact) mass is 349 g/mol. The van der Waals surface area contributed by atoms with Gasteiger partial charge in [0.25, 0.3) is 0 Å². The molecule has 0 aliphatic rings. The summed E-state index contributed by atoms with van der Waals surface area (Å²) in [5.74, 6) is -1.45. The van der Waals surface area contributed by atoms with E-state index in [1.165, 1.54) is 6.92 Å². The van der Waals surface area contributed by atoms with Gasteiger partial charge in [0.05, 0.1) is 5.39 Å². The Morgan fingerprint density at radius 2 is 1.88 bits per heavy atom. The van der Waals surface area contributed by atoms with Gasteiger partial charge in [-0.05, 0) is 31.2 Å². The number of hydrogen-bond donors (Lipinski definition) is 3. The molecule has 0 saturated heterocycles. The van der Waals surface area contributed by atoms with E-state index in [2.05, 4.69) is 25.6 Å². The van der Waals surface area contributed by atoms with Crippen LogP contribution in [0.2, 0.25) is 0 Å². The van der Waals surface area contributed by atoms with Crippen molar-refractivity contribution in [3.63, 3.8) is 0 Å². The Labute approximate surface area is 140 Å². The van der Waals surface area contributed by atoms with Crippen molar-refractivity contribution < 1.29 is 18.0 Å². The molecular formula is C16H14F3N5O. The predicted molar refractivity (Wildman–Crippen MR) is 87.7 cm³/mol. The molecule has 0 bridgehead atoms. The first-order valence-corrected chi connectivity index (χ1v) is 7.31. The lowest BCUT2D eigenvalue weighted by molar-refractivity contribution is -0.144. The highest BCUT2D eigenvalue weighted by Gasteiger charge is 2.35. The van der Waals surface area contributed by atoms with E-state index in [1.54, 1.807) is 37.3 Å². The molecule has 3 N–H and O–H groups in total. The van der Waals surface area contributed by atoms with Crippen molar-refractivity contribution in [1.82, 2.24) is 15.0 Å². The van der Waals surface area contributed by atoms with E-state index >= 15 is 0 Å². The zero-order chi connectivity index (χ0) is 18.2. The Balaban J connectivity index is 2.04. The molecule has 130 valence electrons. The number of fused-ring (bicyclic) bond motifs is 1. The SMILES string of the molecule is CC(=O)Nc1cccc(Nc2nc(C(F)(F)F)nc3[nH]c(C)cc23)c1. The molecule has 0 aliphatic heterocycles. The summed E-state index contributed by atoms with van der Waals surface area (Å²) in [4.78, 5) is 21.1. The smallest absolute Gasteiger partial charge is 0.343 e. The average molecular weight is 349 g/mol. The lowest BCUT2D eigenvalue weighted by Crippen LogP contribution is -2.12. The maximum absolute atomic E-state index is 13.0. The van der Waals surface area contributed by atoms with E-state index < -0.39 is 12.0 Å². The Hall–Kier alpha value is -3.10. The summed E-state index contributed by atoms with van der Waals surface area (Å²) in [6, 6.07) is 8.26. The van der Waals surface area contributed by atoms with Gasteiger partial charge in [-0.15, -0.1) is 0 Å². The number of aromatic amines is 1. The number of carbonyl (C=O) groups excluding carboxylic acids is 1. The number of halogens is 3. The van der Waals surface area contributed by atoms with Crippen LogP contribution in [-0.4, -0.2) is 20.9 Å². The van der Waals surface area contributed by atoms with Gasteiger partial charge in [0.15, 0.2) is 0 Å². The van der Waals surface area contributed by atoms with Crippen LogP contribution in [-0.2, 0) is 11.0 Å². The highest BCUT2D eigenvalue weighted by molar-refractivity contribution is 5.91. The standard InChI is InChI=1S/C16H14F3N5O/c1-8-6-12-13(20-8)23-15(16(17,18)19)24-14(12)22-11-5-3-4-10(7-11)21-9(2)25/h3-7H,1-2H3,(H,21,25)(H2,20,22,23,24). The zero-order valence-corrected chi connectivity index (χ0v) is 13.3. The number of anilines is 3. The third-order valence-corrected chi connectivity index (χ3v) is 3.32. The van der Waals surface area contributed by atoms with Crippen LogP contribution in [0.15, 0.2) is 30.3 Å². The minimum absolute atomic E-state index is 0.0293. The normalized spacial score (nSPS) is 11.6. The molecule has 3 aromatic rings. The second kappa shape index (κ2) is 6.08. The number of nitrogens with zero attached hydrogens (tertiary/aromatic N) is 2. The first-order chi connectivity index (χ1) is 11.7. The number of carbonyl (C=O) groups is 1. The summed E-state index contributed by atoms with van der Waals surface area (Å²) >= 11 is 0. The molecule has 0 spiro atoms. The molecule has 0 unspecified atom stereocenters. The van der Waals surface area contributed by atoms with Crippen LogP contribution >= 0.6 is 0 Å². The number of hydrogen-bond acceptors (Lipinski definition) is 4. The van der Waals surface area contributed by atoms with Crippen LogP contribution in [0.25, 0.3) is 11.0 Å². The van der Waals surface area contributed by atoms with E-state index in [0.29, 0.717) is 22.5 Å². The van der Waals surface area contributed by atoms with Crippen LogP contribution in [0.5, 0.6) is 0 Å². The first-order valence-electron chi connectivity index (χ1n) is 7.31. The van der Waals surface area contributed by atoms with Crippen molar-refractivity contribution in [2.24, 2.45) is 0 Å². The van der Waals surface area contributed by atoms with E-state index in [0.717, 1.165) is 0 Å². The molecule has 3 rings (SSSR count). The summed E-state index contributed by atoms with van der Waals surface area (Å²) in [6.45, 7) is 3.09. The number of nitrogens with one attached hydrogen (secondary N) is 3. The number of amides is 1. The zero-order valence-electron chi connectivity index (χ0n) is 13.3. The fraction of sp³-hybridized carbons (Fsp3) is 0.188. The number of aromatic nitrogens is 3. The number of rotatable bonds is 3. The third-order valence-electron chi connectivity index (χ3n) is 3.32. The maximum atomic E-state index is 13.0. The number of benzene rings is 1. The average Bonchev–Trinajstić information content (AvgIpc) is 2.86. The van der Waals surface area contributed by atoms with E-state index in [1.807, 2.05) is 0 Å². The maximum Gasteiger partial charge on any atom is 0.451 e. The minimum Gasteiger partial charge on any atom is -0.343 e. The lowest BCUT2D eigenvalue weighted by Gasteiger charge is -2.11. The van der Waals surface area contributed by atoms with Crippen molar-refractivity contribution in [2.75, 3.05) is 10.6 Å². The van der Waals surface area contributed by atoms with Gasteiger partial charge >= 0.3 is 6.18 Å². The molecule has 0 radical (unpaired) electrons. The first kappa shape index (κ1) is 16.7. The van der Waals surface area contributed by atoms with Crippen LogP contribution in [0.1, 0.15) is 18.4 Å². The quantitative estimate of drug-likeness (QED) is 0.668. The fourth-order valence-corrected chi connectivity index (χ4v) is 2.38. The number of aryl methyl sites for hydroxylation is 1. The number of alkyl halides is 3. The van der Waals surface area contributed by atoms with Gasteiger partial charge in [0.1, 0.15) is 11.5 Å². The molecule has 0 fully saturated rings. The van der Waals surface area contributed by atoms with E-state index in [9.17, 15) is 18.0 Å². The molecule has 0 saturated carbocycles. The summed E-state index contributed by atoms with van der Waals surface area (Å²) in [6.07, 6.45) is -4.67. The van der Waals surface area contributed by atoms with Crippen LogP contribution in [0.4, 0.5) is 30.4 Å². The van der Waals surface area contributed by atoms with Gasteiger partial charge in [0.2, 0.25) is 11.7 Å². The second-order valence-corrected chi connectivity index (χ2v) is 5.50. The van der Waals surface area contributed by atoms with Crippen LogP contribution < -0.4 is 10.6 Å². The van der Waals surface area contributed by atoms with Gasteiger partial charge in [-0.1, -0.05) is 6.07 Å². The lowest BCUT2D eigenvalue weighted by atomic mass is 10.2. The van der Waals surface area contributed by atoms with E-state index in [4.69, 9.17) is 0 Å². The highest BCUT2D eigenvalue weighted by atomic mass is 19.4. The van der Waals surface area contributed by atoms with E-state index in [-0.39, 0.29) is 17.4 Å². The van der Waals surface area contributed by atoms with Crippen molar-refractivity contribution in [2.45, 2.75) is 20.0 Å². The third kappa shape index (κ3) is 3.70. The van der Waals surface area contributed by atoms with Crippen LogP contribution in [0, 0.1) is 6.92 Å². The Morgan fingerprint density at radius 1 is 1.16 bits per heavy atom. The molecule has 2 aromatic heterocycles. The van der Waals surface area contributed by atoms with Gasteiger partial charge in [-0.2, -0.15) is 13.2 Å². The summed E-state index contributed by atoms with van der Waals surface area (Å²) < 4.78 is 39.1. The summed E-state index contributed by atoms with van der Waals surface area (Å²) in [7, 11) is 0. The molecular weight excluding hydrogens is 335 g/mol. The van der Waals surface area contributed by atoms with Crippen LogP contribution in [0.3, 0.4) is 0 Å². The van der Waals surface area contributed by atoms with Crippen molar-refractivity contribution >= 4 is 34.1 Å². The Bertz CT molecular complexity index is 949. The predicted octanol–water partition coefficient (Wildman–Crippen LogP) is 3.99. The number of H-pyrrole nitrogens is 1. The van der Waals surface area contributed by atoms with Gasteiger partial charge in [0, 0.05) is 24.0 Å². The molecule has 9 heteroatoms. The molecule has 1 amide bonds. The molecule has 0 atom stereocenters. The topological polar surface area (TPSA) is 82.7 Å². The van der Waals surface area contributed by atoms with Crippen molar-refractivity contribution in [3.8, 4) is 0 Å². The fourth-order valence-electron chi connectivity index (χ4n) is 2.38. The largest absolute Gasteiger partial charge is 0.451 e. The Kier molecular flexibility index (Phi) is 4.07. The molecule has 1 aromatic carbocycles. The highest BCUT2D eigenvalue weighted by Crippen LogP contribution is 2.32. The summed E-state index contributed by atoms with van der Waals surface area (Å²) in [5, 5.41) is 5.91. The second-order valence-electron chi connectivity index (χ2n) is 5.50. The van der Waals surface area contributed by atoms with Gasteiger partial charge in [-0.3, -0.25) is 4.79 Å². The molecule has 6 nitrogen and oxygen atoms in total. The Morgan fingerprint density at radius 3 is 2.56 bits per heavy atom. The summed E-state index contributed by atoms with van der Waals surface area (Å²) in [5.41, 5.74) is 1.77. The van der Waals surface area contributed by atoms with Crippen molar-refractivity contribution in [3.05, 3.63) is 41.9 Å². The molecule has 0 aliphatic carbocycles. The van der Waals surface area contributed by atoms with Gasteiger partial charge < -0.3 is 15.6 Å². The van der Waals surface area contributed by atoms with Crippen molar-refractivity contribution in [1.29, 1.82) is 0 Å². The minimum atomic E-state index is -4.67.